The van der Waals surface area contributed by atoms with Crippen molar-refractivity contribution in [3.05, 3.63) is 65.4 Å². The molecule has 0 spiro atoms. The molecular formula is C26H22ClN5O3S. The highest BCUT2D eigenvalue weighted by Gasteiger charge is 2.36. The predicted molar refractivity (Wildman–Crippen MR) is 138 cm³/mol. The van der Waals surface area contributed by atoms with E-state index in [9.17, 15) is 13.7 Å². The SMILES string of the molecule is N#Cc1c(-c2ccc(NS(=O)(=O)C3CC3)c(Cl)c2)n(C2CCC2)c2cc(Oc3ncccn3)ccc12. The second kappa shape index (κ2) is 8.80. The minimum Gasteiger partial charge on any atom is -0.424 e. The monoisotopic (exact) mass is 519 g/mol. The lowest BCUT2D eigenvalue weighted by molar-refractivity contribution is 0.324. The Morgan fingerprint density at radius 2 is 1.86 bits per heavy atom. The highest BCUT2D eigenvalue weighted by molar-refractivity contribution is 7.93. The van der Waals surface area contributed by atoms with E-state index in [4.69, 9.17) is 16.3 Å². The number of nitrogens with one attached hydrogen (secondary N) is 1. The van der Waals surface area contributed by atoms with Gasteiger partial charge in [0.1, 0.15) is 11.8 Å². The van der Waals surface area contributed by atoms with Crippen molar-refractivity contribution in [3.8, 4) is 29.1 Å². The number of fused-ring (bicyclic) bond motifs is 1. The Labute approximate surface area is 213 Å². The van der Waals surface area contributed by atoms with Crippen LogP contribution in [0, 0.1) is 11.3 Å². The van der Waals surface area contributed by atoms with E-state index in [0.717, 1.165) is 41.4 Å². The van der Waals surface area contributed by atoms with Crippen LogP contribution in [0.15, 0.2) is 54.9 Å². The quantitative estimate of drug-likeness (QED) is 0.318. The van der Waals surface area contributed by atoms with Crippen molar-refractivity contribution in [1.29, 1.82) is 5.26 Å². The van der Waals surface area contributed by atoms with Gasteiger partial charge in [-0.1, -0.05) is 17.7 Å². The number of hydrogen-bond donors (Lipinski definition) is 1. The van der Waals surface area contributed by atoms with Crippen molar-refractivity contribution >= 4 is 38.2 Å². The molecule has 2 aliphatic carbocycles. The van der Waals surface area contributed by atoms with E-state index < -0.39 is 10.0 Å². The summed E-state index contributed by atoms with van der Waals surface area (Å²) in [6.45, 7) is 0. The van der Waals surface area contributed by atoms with Gasteiger partial charge < -0.3 is 9.30 Å². The van der Waals surface area contributed by atoms with Crippen LogP contribution in [0.1, 0.15) is 43.7 Å². The van der Waals surface area contributed by atoms with E-state index in [0.29, 0.717) is 29.8 Å². The lowest BCUT2D eigenvalue weighted by Crippen LogP contribution is -2.18. The molecule has 10 heteroatoms. The Hall–Kier alpha value is -3.61. The van der Waals surface area contributed by atoms with Gasteiger partial charge in [0, 0.05) is 35.5 Å². The molecule has 2 aromatic heterocycles. The van der Waals surface area contributed by atoms with Crippen LogP contribution < -0.4 is 9.46 Å². The summed E-state index contributed by atoms with van der Waals surface area (Å²) < 4.78 is 35.5. The highest BCUT2D eigenvalue weighted by Crippen LogP contribution is 2.44. The van der Waals surface area contributed by atoms with Crippen molar-refractivity contribution in [2.24, 2.45) is 0 Å². The Morgan fingerprint density at radius 3 is 2.50 bits per heavy atom. The first kappa shape index (κ1) is 22.8. The molecule has 0 saturated heterocycles. The first-order valence-corrected chi connectivity index (χ1v) is 13.7. The van der Waals surface area contributed by atoms with Crippen LogP contribution in [0.3, 0.4) is 0 Å². The number of ether oxygens (including phenoxy) is 1. The van der Waals surface area contributed by atoms with Crippen LogP contribution in [0.5, 0.6) is 11.8 Å². The molecule has 2 saturated carbocycles. The lowest BCUT2D eigenvalue weighted by Gasteiger charge is -2.30. The third-order valence-corrected chi connectivity index (χ3v) is 8.90. The van der Waals surface area contributed by atoms with Gasteiger partial charge in [-0.2, -0.15) is 5.26 Å². The zero-order valence-electron chi connectivity index (χ0n) is 19.2. The number of anilines is 1. The third-order valence-electron chi connectivity index (χ3n) is 6.74. The maximum absolute atomic E-state index is 12.4. The first-order chi connectivity index (χ1) is 17.4. The van der Waals surface area contributed by atoms with Crippen molar-refractivity contribution in [2.45, 2.75) is 43.4 Å². The van der Waals surface area contributed by atoms with Gasteiger partial charge >= 0.3 is 6.01 Å². The predicted octanol–water partition coefficient (Wildman–Crippen LogP) is 6.04. The molecule has 0 unspecified atom stereocenters. The lowest BCUT2D eigenvalue weighted by atomic mass is 9.92. The third kappa shape index (κ3) is 4.06. The summed E-state index contributed by atoms with van der Waals surface area (Å²) in [6, 6.07) is 15.4. The summed E-state index contributed by atoms with van der Waals surface area (Å²) in [5.74, 6) is 0.575. The van der Waals surface area contributed by atoms with Crippen LogP contribution in [-0.4, -0.2) is 28.2 Å². The molecule has 0 atom stereocenters. The van der Waals surface area contributed by atoms with Crippen molar-refractivity contribution < 1.29 is 13.2 Å². The molecule has 8 nitrogen and oxygen atoms in total. The Morgan fingerprint density at radius 1 is 1.08 bits per heavy atom. The Kier molecular flexibility index (Phi) is 5.58. The summed E-state index contributed by atoms with van der Waals surface area (Å²) in [5, 5.41) is 10.9. The first-order valence-electron chi connectivity index (χ1n) is 11.8. The van der Waals surface area contributed by atoms with Gasteiger partial charge in [0.25, 0.3) is 0 Å². The van der Waals surface area contributed by atoms with E-state index in [1.165, 1.54) is 0 Å². The highest BCUT2D eigenvalue weighted by atomic mass is 35.5. The number of aromatic nitrogens is 3. The molecule has 0 radical (unpaired) electrons. The molecule has 0 amide bonds. The summed E-state index contributed by atoms with van der Waals surface area (Å²) in [5.41, 5.74) is 3.29. The van der Waals surface area contributed by atoms with Crippen LogP contribution in [0.25, 0.3) is 22.2 Å². The maximum atomic E-state index is 12.4. The zero-order valence-corrected chi connectivity index (χ0v) is 20.8. The standard InChI is InChI=1S/C26H22ClN5O3S/c27-22-13-16(5-10-23(22)31-36(33,34)19-7-8-19)25-21(15-28)20-9-6-18(35-26-29-11-2-12-30-26)14-24(20)32(25)17-3-1-4-17/h2,5-6,9-14,17,19,31H,1,3-4,7-8H2. The van der Waals surface area contributed by atoms with Crippen LogP contribution in [-0.2, 0) is 10.0 Å². The molecule has 0 bridgehead atoms. The van der Waals surface area contributed by atoms with E-state index in [1.54, 1.807) is 36.7 Å². The van der Waals surface area contributed by atoms with E-state index >= 15 is 0 Å². The van der Waals surface area contributed by atoms with Gasteiger partial charge in [0.2, 0.25) is 10.0 Å². The van der Waals surface area contributed by atoms with E-state index in [1.807, 2.05) is 18.2 Å². The summed E-state index contributed by atoms with van der Waals surface area (Å²) in [6.07, 6.45) is 7.68. The second-order valence-electron chi connectivity index (χ2n) is 9.14. The largest absolute Gasteiger partial charge is 0.424 e. The molecular weight excluding hydrogens is 498 g/mol. The number of rotatable bonds is 7. The molecule has 4 aromatic rings. The second-order valence-corrected chi connectivity index (χ2v) is 11.5. The topological polar surface area (TPSA) is 110 Å². The number of nitriles is 1. The minimum atomic E-state index is -3.44. The fraction of sp³-hybridized carbons (Fsp3) is 0.269. The van der Waals surface area contributed by atoms with Gasteiger partial charge in [0.05, 0.1) is 32.7 Å². The van der Waals surface area contributed by atoms with Crippen molar-refractivity contribution in [1.82, 2.24) is 14.5 Å². The average Bonchev–Trinajstić information content (AvgIpc) is 3.65. The van der Waals surface area contributed by atoms with Crippen LogP contribution >= 0.6 is 11.6 Å². The molecule has 2 fully saturated rings. The smallest absolute Gasteiger partial charge is 0.321 e. The molecule has 2 heterocycles. The molecule has 2 aliphatic rings. The number of sulfonamides is 1. The fourth-order valence-corrected chi connectivity index (χ4v) is 6.27. The summed E-state index contributed by atoms with van der Waals surface area (Å²) in [7, 11) is -3.44. The van der Waals surface area contributed by atoms with E-state index in [2.05, 4.69) is 25.3 Å². The molecule has 2 aromatic carbocycles. The van der Waals surface area contributed by atoms with Gasteiger partial charge in [0.15, 0.2) is 0 Å². The van der Waals surface area contributed by atoms with Gasteiger partial charge in [-0.3, -0.25) is 4.72 Å². The molecule has 36 heavy (non-hydrogen) atoms. The van der Waals surface area contributed by atoms with Crippen molar-refractivity contribution in [3.63, 3.8) is 0 Å². The molecule has 0 aliphatic heterocycles. The van der Waals surface area contributed by atoms with Crippen LogP contribution in [0.2, 0.25) is 5.02 Å². The minimum absolute atomic E-state index is 0.236. The summed E-state index contributed by atoms with van der Waals surface area (Å²) in [4.78, 5) is 8.26. The van der Waals surface area contributed by atoms with Crippen LogP contribution in [0.4, 0.5) is 5.69 Å². The normalized spacial score (nSPS) is 15.9. The van der Waals surface area contributed by atoms with E-state index in [-0.39, 0.29) is 22.3 Å². The van der Waals surface area contributed by atoms with Gasteiger partial charge in [-0.05, 0) is 62.4 Å². The number of nitrogens with zero attached hydrogens (tertiary/aromatic N) is 4. The Bertz CT molecular complexity index is 1620. The Balaban J connectivity index is 1.46. The number of hydrogen-bond acceptors (Lipinski definition) is 6. The zero-order chi connectivity index (χ0) is 24.9. The van der Waals surface area contributed by atoms with Crippen molar-refractivity contribution in [2.75, 3.05) is 4.72 Å². The maximum Gasteiger partial charge on any atom is 0.321 e. The molecule has 182 valence electrons. The number of halogens is 1. The number of benzene rings is 2. The summed E-state index contributed by atoms with van der Waals surface area (Å²) >= 11 is 6.55. The average molecular weight is 520 g/mol. The fourth-order valence-electron chi connectivity index (χ4n) is 4.58. The molecule has 1 N–H and O–H groups in total. The molecule has 6 rings (SSSR count). The van der Waals surface area contributed by atoms with Gasteiger partial charge in [-0.15, -0.1) is 0 Å². The van der Waals surface area contributed by atoms with Gasteiger partial charge in [-0.25, -0.2) is 18.4 Å².